The Bertz CT molecular complexity index is 325. The van der Waals surface area contributed by atoms with Crippen LogP contribution >= 0.6 is 22.6 Å². The van der Waals surface area contributed by atoms with Gasteiger partial charge in [-0.1, -0.05) is 0 Å². The lowest BCUT2D eigenvalue weighted by Crippen LogP contribution is -2.09. The monoisotopic (exact) mass is 291 g/mol. The number of halogens is 1. The molecular weight excluding hydrogens is 281 g/mol. The molecule has 0 fully saturated rings. The predicted octanol–water partition coefficient (Wildman–Crippen LogP) is 2.17. The summed E-state index contributed by atoms with van der Waals surface area (Å²) in [7, 11) is 0. The first-order valence-electron chi connectivity index (χ1n) is 3.94. The van der Waals surface area contributed by atoms with E-state index in [2.05, 4.69) is 27.6 Å². The number of pyridine rings is 1. The van der Waals surface area contributed by atoms with Gasteiger partial charge in [-0.15, -0.1) is 0 Å². The normalized spacial score (nSPS) is 9.77. The highest BCUT2D eigenvalue weighted by atomic mass is 127. The van der Waals surface area contributed by atoms with Crippen LogP contribution in [0, 0.1) is 10.5 Å². The SMILES string of the molecule is CCOC(=O)c1ncc(I)cc1C. The molecular formula is C9H10INO2. The molecule has 0 N–H and O–H groups in total. The third-order valence-corrected chi connectivity index (χ3v) is 2.10. The van der Waals surface area contributed by atoms with Crippen molar-refractivity contribution in [1.82, 2.24) is 4.98 Å². The van der Waals surface area contributed by atoms with Gasteiger partial charge in [-0.05, 0) is 48.1 Å². The van der Waals surface area contributed by atoms with Gasteiger partial charge in [0.1, 0.15) is 0 Å². The molecule has 0 unspecified atom stereocenters. The molecule has 1 aromatic rings. The standard InChI is InChI=1S/C9H10INO2/c1-3-13-9(12)8-6(2)4-7(10)5-11-8/h4-5H,3H2,1-2H3. The van der Waals surface area contributed by atoms with Crippen LogP contribution in [0.15, 0.2) is 12.3 Å². The van der Waals surface area contributed by atoms with Gasteiger partial charge in [0.05, 0.1) is 6.61 Å². The maximum absolute atomic E-state index is 11.3. The van der Waals surface area contributed by atoms with Crippen LogP contribution in [0.5, 0.6) is 0 Å². The lowest BCUT2D eigenvalue weighted by Gasteiger charge is -2.03. The van der Waals surface area contributed by atoms with Crippen molar-refractivity contribution >= 4 is 28.6 Å². The van der Waals surface area contributed by atoms with Gasteiger partial charge in [-0.3, -0.25) is 0 Å². The van der Waals surface area contributed by atoms with Crippen LogP contribution in [0.25, 0.3) is 0 Å². The molecule has 0 saturated heterocycles. The second-order valence-electron chi connectivity index (χ2n) is 2.54. The maximum Gasteiger partial charge on any atom is 0.357 e. The summed E-state index contributed by atoms with van der Waals surface area (Å²) < 4.78 is 5.86. The molecule has 13 heavy (non-hydrogen) atoms. The Morgan fingerprint density at radius 2 is 2.38 bits per heavy atom. The number of aromatic nitrogens is 1. The summed E-state index contributed by atoms with van der Waals surface area (Å²) in [6.07, 6.45) is 1.65. The molecule has 3 nitrogen and oxygen atoms in total. The second kappa shape index (κ2) is 4.55. The van der Waals surface area contributed by atoms with Crippen molar-refractivity contribution in [2.45, 2.75) is 13.8 Å². The molecule has 0 bridgehead atoms. The molecule has 0 aliphatic rings. The van der Waals surface area contributed by atoms with E-state index in [4.69, 9.17) is 4.74 Å². The molecule has 1 aromatic heterocycles. The van der Waals surface area contributed by atoms with Gasteiger partial charge in [-0.2, -0.15) is 0 Å². The van der Waals surface area contributed by atoms with E-state index in [-0.39, 0.29) is 5.97 Å². The average molecular weight is 291 g/mol. The van der Waals surface area contributed by atoms with E-state index in [1.165, 1.54) is 0 Å². The van der Waals surface area contributed by atoms with Crippen molar-refractivity contribution in [2.24, 2.45) is 0 Å². The summed E-state index contributed by atoms with van der Waals surface area (Å²) in [6, 6.07) is 1.90. The molecule has 70 valence electrons. The Balaban J connectivity index is 2.95. The minimum absolute atomic E-state index is 0.351. The summed E-state index contributed by atoms with van der Waals surface area (Å²) in [6.45, 7) is 4.01. The number of carbonyl (C=O) groups excluding carboxylic acids is 1. The Hall–Kier alpha value is -0.650. The van der Waals surface area contributed by atoms with Gasteiger partial charge >= 0.3 is 5.97 Å². The van der Waals surface area contributed by atoms with Gasteiger partial charge in [0.25, 0.3) is 0 Å². The first-order valence-corrected chi connectivity index (χ1v) is 5.02. The van der Waals surface area contributed by atoms with Crippen molar-refractivity contribution in [3.05, 3.63) is 27.1 Å². The first-order chi connectivity index (χ1) is 6.15. The highest BCUT2D eigenvalue weighted by Crippen LogP contribution is 2.10. The maximum atomic E-state index is 11.3. The minimum Gasteiger partial charge on any atom is -0.461 e. The van der Waals surface area contributed by atoms with Crippen molar-refractivity contribution in [1.29, 1.82) is 0 Å². The van der Waals surface area contributed by atoms with Crippen molar-refractivity contribution in [3.8, 4) is 0 Å². The number of hydrogen-bond donors (Lipinski definition) is 0. The Labute approximate surface area is 90.6 Å². The fourth-order valence-corrected chi connectivity index (χ4v) is 1.56. The molecule has 1 rings (SSSR count). The second-order valence-corrected chi connectivity index (χ2v) is 3.79. The third-order valence-electron chi connectivity index (χ3n) is 1.51. The fraction of sp³-hybridized carbons (Fsp3) is 0.333. The number of ether oxygens (including phenoxy) is 1. The summed E-state index contributed by atoms with van der Waals surface area (Å²) in [5, 5.41) is 0. The van der Waals surface area contributed by atoms with Gasteiger partial charge in [0.2, 0.25) is 0 Å². The summed E-state index contributed by atoms with van der Waals surface area (Å²) >= 11 is 2.15. The lowest BCUT2D eigenvalue weighted by atomic mass is 10.2. The summed E-state index contributed by atoms with van der Waals surface area (Å²) in [5.74, 6) is -0.351. The number of carbonyl (C=O) groups is 1. The Morgan fingerprint density at radius 3 is 2.92 bits per heavy atom. The lowest BCUT2D eigenvalue weighted by molar-refractivity contribution is 0.0518. The molecule has 4 heteroatoms. The van der Waals surface area contributed by atoms with E-state index in [9.17, 15) is 4.79 Å². The van der Waals surface area contributed by atoms with Gasteiger partial charge in [-0.25, -0.2) is 9.78 Å². The molecule has 0 amide bonds. The third kappa shape index (κ3) is 2.65. The van der Waals surface area contributed by atoms with Crippen LogP contribution < -0.4 is 0 Å². The summed E-state index contributed by atoms with van der Waals surface area (Å²) in [5.41, 5.74) is 1.26. The quantitative estimate of drug-likeness (QED) is 0.619. The Morgan fingerprint density at radius 1 is 1.69 bits per heavy atom. The van der Waals surface area contributed by atoms with Crippen molar-refractivity contribution < 1.29 is 9.53 Å². The summed E-state index contributed by atoms with van der Waals surface area (Å²) in [4.78, 5) is 15.3. The van der Waals surface area contributed by atoms with E-state index < -0.39 is 0 Å². The van der Waals surface area contributed by atoms with Crippen LogP contribution in [0.3, 0.4) is 0 Å². The molecule has 1 heterocycles. The van der Waals surface area contributed by atoms with Gasteiger partial charge in [0, 0.05) is 9.77 Å². The van der Waals surface area contributed by atoms with Crippen LogP contribution in [-0.4, -0.2) is 17.6 Å². The molecule has 0 aliphatic carbocycles. The number of hydrogen-bond acceptors (Lipinski definition) is 3. The molecule has 0 radical (unpaired) electrons. The van der Waals surface area contributed by atoms with Crippen molar-refractivity contribution in [2.75, 3.05) is 6.61 Å². The molecule has 0 aliphatic heterocycles. The van der Waals surface area contributed by atoms with Crippen LogP contribution in [0.1, 0.15) is 23.0 Å². The topological polar surface area (TPSA) is 39.2 Å². The van der Waals surface area contributed by atoms with E-state index in [1.54, 1.807) is 13.1 Å². The first kappa shape index (κ1) is 10.4. The predicted molar refractivity (Wildman–Crippen MR) is 57.6 cm³/mol. The highest BCUT2D eigenvalue weighted by Gasteiger charge is 2.10. The molecule has 0 aromatic carbocycles. The van der Waals surface area contributed by atoms with Crippen LogP contribution in [0.2, 0.25) is 0 Å². The number of aryl methyl sites for hydroxylation is 1. The largest absolute Gasteiger partial charge is 0.461 e. The van der Waals surface area contributed by atoms with E-state index in [0.717, 1.165) is 9.13 Å². The molecule has 0 saturated carbocycles. The van der Waals surface area contributed by atoms with Gasteiger partial charge < -0.3 is 4.74 Å². The Kier molecular flexibility index (Phi) is 3.65. The van der Waals surface area contributed by atoms with Crippen LogP contribution in [-0.2, 0) is 4.74 Å². The van der Waals surface area contributed by atoms with E-state index >= 15 is 0 Å². The fourth-order valence-electron chi connectivity index (χ4n) is 0.954. The minimum atomic E-state index is -0.351. The van der Waals surface area contributed by atoms with E-state index in [0.29, 0.717) is 12.3 Å². The smallest absolute Gasteiger partial charge is 0.357 e. The number of rotatable bonds is 2. The van der Waals surface area contributed by atoms with Crippen LogP contribution in [0.4, 0.5) is 0 Å². The average Bonchev–Trinajstić information content (AvgIpc) is 2.04. The number of esters is 1. The molecule has 0 atom stereocenters. The van der Waals surface area contributed by atoms with Crippen molar-refractivity contribution in [3.63, 3.8) is 0 Å². The zero-order valence-electron chi connectivity index (χ0n) is 7.50. The highest BCUT2D eigenvalue weighted by molar-refractivity contribution is 14.1. The zero-order chi connectivity index (χ0) is 9.84. The van der Waals surface area contributed by atoms with Gasteiger partial charge in [0.15, 0.2) is 5.69 Å². The number of nitrogens with zero attached hydrogens (tertiary/aromatic N) is 1. The van der Waals surface area contributed by atoms with E-state index in [1.807, 2.05) is 13.0 Å². The zero-order valence-corrected chi connectivity index (χ0v) is 9.66. The molecule has 0 spiro atoms.